The molecule has 0 spiro atoms. The molecule has 0 aliphatic carbocycles. The fourth-order valence-corrected chi connectivity index (χ4v) is 3.58. The van der Waals surface area contributed by atoms with Gasteiger partial charge in [0.25, 0.3) is 0 Å². The number of ether oxygens (including phenoxy) is 3. The van der Waals surface area contributed by atoms with Gasteiger partial charge in [-0.1, -0.05) is 0 Å². The summed E-state index contributed by atoms with van der Waals surface area (Å²) >= 11 is 0. The molecule has 0 rings (SSSR count). The molecule has 0 bridgehead atoms. The van der Waals surface area contributed by atoms with E-state index in [1.165, 1.54) is 0 Å². The second kappa shape index (κ2) is 14.8. The van der Waals surface area contributed by atoms with Gasteiger partial charge in [0.1, 0.15) is 20.4 Å². The lowest BCUT2D eigenvalue weighted by molar-refractivity contribution is -0.100. The van der Waals surface area contributed by atoms with Crippen molar-refractivity contribution >= 4 is 14.8 Å². The first-order valence-corrected chi connectivity index (χ1v) is 9.71. The van der Waals surface area contributed by atoms with Crippen LogP contribution < -0.4 is 11.1 Å². The first-order chi connectivity index (χ1) is 11.1. The van der Waals surface area contributed by atoms with Crippen LogP contribution in [0.3, 0.4) is 0 Å². The summed E-state index contributed by atoms with van der Waals surface area (Å²) in [5, 5.41) is 2.52. The maximum atomic E-state index is 10.7. The largest absolute Gasteiger partial charge is 0.506 e. The molecule has 3 N–H and O–H groups in total. The molecule has 0 atom stereocenters. The standard InChI is InChI=1S/C13H30N2O7Si/c1-4-17-10-20-23(21-11-18-5-2,22-12-19-6-3)9-7-8-15-13(14)16/h4-12H2,1-3H3,(H3,14,15,16). The third-order valence-electron chi connectivity index (χ3n) is 2.66. The lowest BCUT2D eigenvalue weighted by atomic mass is 10.5. The first-order valence-electron chi connectivity index (χ1n) is 7.78. The molecule has 0 unspecified atom stereocenters. The van der Waals surface area contributed by atoms with Crippen molar-refractivity contribution in [3.05, 3.63) is 0 Å². The molecule has 0 aromatic rings. The van der Waals surface area contributed by atoms with E-state index >= 15 is 0 Å². The molecule has 0 saturated carbocycles. The van der Waals surface area contributed by atoms with Crippen LogP contribution in [-0.2, 0) is 27.5 Å². The van der Waals surface area contributed by atoms with Gasteiger partial charge in [-0.3, -0.25) is 0 Å². The predicted octanol–water partition coefficient (Wildman–Crippen LogP) is 1.02. The highest BCUT2D eigenvalue weighted by Crippen LogP contribution is 2.18. The van der Waals surface area contributed by atoms with Gasteiger partial charge in [0.2, 0.25) is 0 Å². The minimum Gasteiger partial charge on any atom is -0.357 e. The number of rotatable bonds is 16. The number of carbonyl (C=O) groups is 1. The number of primary amides is 1. The van der Waals surface area contributed by atoms with E-state index in [0.29, 0.717) is 38.8 Å². The summed E-state index contributed by atoms with van der Waals surface area (Å²) in [5.74, 6) is 0. The van der Waals surface area contributed by atoms with Gasteiger partial charge in [0.05, 0.1) is 0 Å². The molecule has 0 saturated heterocycles. The fourth-order valence-electron chi connectivity index (χ4n) is 1.50. The quantitative estimate of drug-likeness (QED) is 0.242. The van der Waals surface area contributed by atoms with E-state index in [-0.39, 0.29) is 20.4 Å². The average molecular weight is 354 g/mol. The van der Waals surface area contributed by atoms with E-state index in [1.807, 2.05) is 20.8 Å². The predicted molar refractivity (Wildman–Crippen MR) is 85.5 cm³/mol. The summed E-state index contributed by atoms with van der Waals surface area (Å²) in [5.41, 5.74) is 5.04. The molecular formula is C13H30N2O7Si. The van der Waals surface area contributed by atoms with Crippen LogP contribution in [0.25, 0.3) is 0 Å². The van der Waals surface area contributed by atoms with Crippen molar-refractivity contribution in [2.24, 2.45) is 5.73 Å². The maximum absolute atomic E-state index is 10.7. The monoisotopic (exact) mass is 354 g/mol. The van der Waals surface area contributed by atoms with E-state index in [9.17, 15) is 4.79 Å². The Balaban J connectivity index is 4.61. The molecule has 23 heavy (non-hydrogen) atoms. The lowest BCUT2D eigenvalue weighted by Crippen LogP contribution is -2.48. The third kappa shape index (κ3) is 12.3. The molecule has 0 fully saturated rings. The molecule has 0 aliphatic rings. The summed E-state index contributed by atoms with van der Waals surface area (Å²) in [4.78, 5) is 10.7. The normalized spacial score (nSPS) is 11.6. The molecule has 0 radical (unpaired) electrons. The lowest BCUT2D eigenvalue weighted by Gasteiger charge is -2.29. The Labute approximate surface area is 139 Å². The van der Waals surface area contributed by atoms with E-state index in [2.05, 4.69) is 5.32 Å². The van der Waals surface area contributed by atoms with Crippen LogP contribution in [0.15, 0.2) is 0 Å². The Morgan fingerprint density at radius 2 is 1.35 bits per heavy atom. The van der Waals surface area contributed by atoms with Crippen LogP contribution in [0.4, 0.5) is 4.79 Å². The highest BCUT2D eigenvalue weighted by Gasteiger charge is 2.41. The van der Waals surface area contributed by atoms with Crippen LogP contribution in [-0.4, -0.2) is 61.6 Å². The van der Waals surface area contributed by atoms with Gasteiger partial charge in [-0.25, -0.2) is 4.79 Å². The fraction of sp³-hybridized carbons (Fsp3) is 0.923. The molecule has 9 nitrogen and oxygen atoms in total. The number of hydrogen-bond donors (Lipinski definition) is 2. The van der Waals surface area contributed by atoms with Gasteiger partial charge in [-0.2, -0.15) is 0 Å². The van der Waals surface area contributed by atoms with Crippen molar-refractivity contribution in [3.8, 4) is 0 Å². The number of nitrogens with one attached hydrogen (secondary N) is 1. The number of hydrogen-bond acceptors (Lipinski definition) is 7. The van der Waals surface area contributed by atoms with E-state index in [4.69, 9.17) is 33.2 Å². The molecule has 10 heteroatoms. The molecule has 0 heterocycles. The van der Waals surface area contributed by atoms with Crippen molar-refractivity contribution in [1.82, 2.24) is 5.32 Å². The number of nitrogens with two attached hydrogens (primary N) is 1. The van der Waals surface area contributed by atoms with Crippen molar-refractivity contribution in [2.75, 3.05) is 46.7 Å². The summed E-state index contributed by atoms with van der Waals surface area (Å²) in [6.45, 7) is 7.74. The Kier molecular flexibility index (Phi) is 14.3. The Bertz CT molecular complexity index is 271. The van der Waals surface area contributed by atoms with Crippen LogP contribution in [0.1, 0.15) is 27.2 Å². The highest BCUT2D eigenvalue weighted by atomic mass is 28.4. The Morgan fingerprint density at radius 1 is 0.913 bits per heavy atom. The Hall–Kier alpha value is -0.753. The molecule has 0 aromatic heterocycles. The van der Waals surface area contributed by atoms with Gasteiger partial charge >= 0.3 is 14.8 Å². The van der Waals surface area contributed by atoms with E-state index in [0.717, 1.165) is 0 Å². The van der Waals surface area contributed by atoms with Crippen molar-refractivity contribution in [1.29, 1.82) is 0 Å². The SMILES string of the molecule is CCOCO[Si](CCCNC(N)=O)(OCOCC)OCOCC. The van der Waals surface area contributed by atoms with Crippen molar-refractivity contribution in [3.63, 3.8) is 0 Å². The summed E-state index contributed by atoms with van der Waals surface area (Å²) in [6, 6.07) is -0.0986. The smallest absolute Gasteiger partial charge is 0.357 e. The number of amides is 2. The molecule has 0 aliphatic heterocycles. The minimum absolute atomic E-state index is 0.0597. The molecule has 138 valence electrons. The first kappa shape index (κ1) is 22.2. The summed E-state index contributed by atoms with van der Waals surface area (Å²) in [7, 11) is -3.05. The van der Waals surface area contributed by atoms with Crippen molar-refractivity contribution < 1.29 is 32.3 Å². The molecular weight excluding hydrogens is 324 g/mol. The molecule has 2 amide bonds. The van der Waals surface area contributed by atoms with Gasteiger partial charge in [0.15, 0.2) is 0 Å². The van der Waals surface area contributed by atoms with Gasteiger partial charge in [-0.15, -0.1) is 0 Å². The number of carbonyl (C=O) groups excluding carboxylic acids is 1. The zero-order valence-electron chi connectivity index (χ0n) is 14.3. The van der Waals surface area contributed by atoms with Gasteiger partial charge < -0.3 is 38.5 Å². The maximum Gasteiger partial charge on any atom is 0.506 e. The zero-order valence-corrected chi connectivity index (χ0v) is 15.3. The van der Waals surface area contributed by atoms with Gasteiger partial charge in [-0.05, 0) is 27.2 Å². The summed E-state index contributed by atoms with van der Waals surface area (Å²) in [6.07, 6.45) is 0.583. The molecule has 0 aromatic carbocycles. The van der Waals surface area contributed by atoms with Crippen LogP contribution in [0.5, 0.6) is 0 Å². The average Bonchev–Trinajstić information content (AvgIpc) is 2.52. The van der Waals surface area contributed by atoms with Crippen LogP contribution >= 0.6 is 0 Å². The van der Waals surface area contributed by atoms with Crippen LogP contribution in [0, 0.1) is 0 Å². The highest BCUT2D eigenvalue weighted by molar-refractivity contribution is 6.60. The van der Waals surface area contributed by atoms with E-state index < -0.39 is 14.8 Å². The third-order valence-corrected chi connectivity index (χ3v) is 5.30. The van der Waals surface area contributed by atoms with Crippen LogP contribution in [0.2, 0.25) is 6.04 Å². The minimum atomic E-state index is -3.05. The topological polar surface area (TPSA) is 111 Å². The second-order valence-corrected chi connectivity index (χ2v) is 7.07. The second-order valence-electron chi connectivity index (χ2n) is 4.34. The van der Waals surface area contributed by atoms with Crippen molar-refractivity contribution in [2.45, 2.75) is 33.2 Å². The van der Waals surface area contributed by atoms with E-state index in [1.54, 1.807) is 0 Å². The number of urea groups is 1. The summed E-state index contributed by atoms with van der Waals surface area (Å²) < 4.78 is 32.9. The van der Waals surface area contributed by atoms with Gasteiger partial charge in [0, 0.05) is 32.4 Å². The Morgan fingerprint density at radius 3 is 1.70 bits per heavy atom. The zero-order chi connectivity index (χ0) is 17.4.